The van der Waals surface area contributed by atoms with E-state index in [-0.39, 0.29) is 0 Å². The van der Waals surface area contributed by atoms with E-state index in [0.29, 0.717) is 0 Å². The minimum absolute atomic E-state index is 0.742. The van der Waals surface area contributed by atoms with Gasteiger partial charge in [-0.2, -0.15) is 0 Å². The molecule has 1 aromatic carbocycles. The summed E-state index contributed by atoms with van der Waals surface area (Å²) in [7, 11) is 0. The minimum Gasteiger partial charge on any atom is -0.344 e. The van der Waals surface area contributed by atoms with Crippen LogP contribution < -0.4 is 5.73 Å². The molecule has 3 rings (SSSR count). The third-order valence-electron chi connectivity index (χ3n) is 3.94. The first-order valence-corrected chi connectivity index (χ1v) is 6.68. The fourth-order valence-corrected chi connectivity index (χ4v) is 2.76. The highest BCUT2D eigenvalue weighted by Crippen LogP contribution is 2.35. The molecule has 1 aliphatic rings. The van der Waals surface area contributed by atoms with Gasteiger partial charge in [-0.15, -0.1) is 0 Å². The molecule has 0 atom stereocenters. The second kappa shape index (κ2) is 4.53. The van der Waals surface area contributed by atoms with Gasteiger partial charge in [-0.05, 0) is 55.7 Å². The zero-order valence-corrected chi connectivity index (χ0v) is 10.2. The van der Waals surface area contributed by atoms with Crippen LogP contribution in [-0.4, -0.2) is 11.1 Å². The number of fused-ring (bicyclic) bond motifs is 1. The van der Waals surface area contributed by atoms with Crippen molar-refractivity contribution in [1.29, 1.82) is 0 Å². The number of aromatic nitrogens is 1. The van der Waals surface area contributed by atoms with Crippen LogP contribution in [0.4, 0.5) is 0 Å². The van der Waals surface area contributed by atoms with E-state index in [1.54, 1.807) is 0 Å². The second-order valence-corrected chi connectivity index (χ2v) is 5.05. The van der Waals surface area contributed by atoms with Gasteiger partial charge in [-0.25, -0.2) is 0 Å². The number of para-hydroxylation sites is 1. The molecule has 17 heavy (non-hydrogen) atoms. The second-order valence-electron chi connectivity index (χ2n) is 5.05. The molecule has 0 radical (unpaired) electrons. The topological polar surface area (TPSA) is 30.9 Å². The van der Waals surface area contributed by atoms with E-state index >= 15 is 0 Å². The van der Waals surface area contributed by atoms with Crippen molar-refractivity contribution < 1.29 is 0 Å². The summed E-state index contributed by atoms with van der Waals surface area (Å²) in [6.45, 7) is 0.778. The summed E-state index contributed by atoms with van der Waals surface area (Å²) in [5.41, 5.74) is 8.54. The molecule has 1 heterocycles. The number of nitrogens with two attached hydrogens (primary N) is 1. The van der Waals surface area contributed by atoms with Crippen LogP contribution in [0.5, 0.6) is 0 Å². The molecule has 1 fully saturated rings. The number of hydrogen-bond donors (Lipinski definition) is 1. The Bertz CT molecular complexity index is 509. The molecule has 1 aliphatic carbocycles. The van der Waals surface area contributed by atoms with E-state index in [1.165, 1.54) is 35.7 Å². The molecule has 0 aliphatic heterocycles. The fraction of sp³-hybridized carbons (Fsp3) is 0.467. The molecule has 0 unspecified atom stereocenters. The van der Waals surface area contributed by atoms with Gasteiger partial charge in [0, 0.05) is 12.2 Å². The summed E-state index contributed by atoms with van der Waals surface area (Å²) in [6.07, 6.45) is 8.51. The zero-order chi connectivity index (χ0) is 11.7. The summed E-state index contributed by atoms with van der Waals surface area (Å²) in [4.78, 5) is 0. The highest BCUT2D eigenvalue weighted by molar-refractivity contribution is 5.83. The van der Waals surface area contributed by atoms with E-state index < -0.39 is 0 Å². The normalized spacial score (nSPS) is 16.3. The number of hydrogen-bond acceptors (Lipinski definition) is 1. The monoisotopic (exact) mass is 228 g/mol. The van der Waals surface area contributed by atoms with Gasteiger partial charge in [0.25, 0.3) is 0 Å². The van der Waals surface area contributed by atoms with Gasteiger partial charge < -0.3 is 10.3 Å². The van der Waals surface area contributed by atoms with Crippen LogP contribution >= 0.6 is 0 Å². The van der Waals surface area contributed by atoms with E-state index in [9.17, 15) is 0 Å². The van der Waals surface area contributed by atoms with Gasteiger partial charge >= 0.3 is 0 Å². The lowest BCUT2D eigenvalue weighted by Crippen LogP contribution is -2.16. The average Bonchev–Trinajstić information content (AvgIpc) is 2.69. The summed E-state index contributed by atoms with van der Waals surface area (Å²) in [5.74, 6) is 0. The third-order valence-corrected chi connectivity index (χ3v) is 3.94. The van der Waals surface area contributed by atoms with E-state index in [1.807, 2.05) is 0 Å². The van der Waals surface area contributed by atoms with Gasteiger partial charge in [0.2, 0.25) is 0 Å². The molecule has 0 bridgehead atoms. The smallest absolute Gasteiger partial charge is 0.0515 e. The van der Waals surface area contributed by atoms with Crippen LogP contribution in [0.25, 0.3) is 10.9 Å². The Kier molecular flexibility index (Phi) is 2.89. The SMILES string of the molecule is NCCCc1cccc2ccn(C3CCC3)c12. The van der Waals surface area contributed by atoms with Gasteiger partial charge in [0.05, 0.1) is 5.52 Å². The number of aryl methyl sites for hydroxylation is 1. The van der Waals surface area contributed by atoms with Crippen LogP contribution in [0, 0.1) is 0 Å². The van der Waals surface area contributed by atoms with Gasteiger partial charge in [-0.1, -0.05) is 18.2 Å². The van der Waals surface area contributed by atoms with Crippen LogP contribution in [0.1, 0.15) is 37.3 Å². The first-order chi connectivity index (χ1) is 8.40. The van der Waals surface area contributed by atoms with Crippen LogP contribution in [-0.2, 0) is 6.42 Å². The van der Waals surface area contributed by atoms with Gasteiger partial charge in [0.15, 0.2) is 0 Å². The summed E-state index contributed by atoms with van der Waals surface area (Å²) in [5, 5.41) is 1.38. The van der Waals surface area contributed by atoms with Crippen molar-refractivity contribution >= 4 is 10.9 Å². The molecule has 0 saturated heterocycles. The first-order valence-electron chi connectivity index (χ1n) is 6.68. The van der Waals surface area contributed by atoms with Crippen LogP contribution in [0.2, 0.25) is 0 Å². The largest absolute Gasteiger partial charge is 0.344 e. The fourth-order valence-electron chi connectivity index (χ4n) is 2.76. The van der Waals surface area contributed by atoms with Gasteiger partial charge in [-0.3, -0.25) is 0 Å². The highest BCUT2D eigenvalue weighted by atomic mass is 15.0. The first kappa shape index (κ1) is 10.8. The van der Waals surface area contributed by atoms with Gasteiger partial charge in [0.1, 0.15) is 0 Å². The Morgan fingerprint density at radius 1 is 1.24 bits per heavy atom. The van der Waals surface area contributed by atoms with Crippen LogP contribution in [0.3, 0.4) is 0 Å². The molecule has 2 aromatic rings. The maximum Gasteiger partial charge on any atom is 0.0515 e. The Morgan fingerprint density at radius 2 is 2.12 bits per heavy atom. The van der Waals surface area contributed by atoms with Crippen molar-refractivity contribution in [1.82, 2.24) is 4.57 Å². The molecule has 2 N–H and O–H groups in total. The quantitative estimate of drug-likeness (QED) is 0.855. The molecular formula is C15H20N2. The molecule has 90 valence electrons. The lowest BCUT2D eigenvalue weighted by molar-refractivity contribution is 0.321. The number of nitrogens with zero attached hydrogens (tertiary/aromatic N) is 1. The number of rotatable bonds is 4. The lowest BCUT2D eigenvalue weighted by atomic mass is 9.92. The Morgan fingerprint density at radius 3 is 2.82 bits per heavy atom. The standard InChI is InChI=1S/C15H20N2/c16-10-3-6-12-4-1-5-13-9-11-17(15(12)13)14-7-2-8-14/h1,4-5,9,11,14H,2-3,6-8,10,16H2. The Hall–Kier alpha value is -1.28. The van der Waals surface area contributed by atoms with E-state index in [0.717, 1.165) is 25.4 Å². The van der Waals surface area contributed by atoms with Crippen molar-refractivity contribution in [3.8, 4) is 0 Å². The lowest BCUT2D eigenvalue weighted by Gasteiger charge is -2.28. The summed E-state index contributed by atoms with van der Waals surface area (Å²) < 4.78 is 2.49. The summed E-state index contributed by atoms with van der Waals surface area (Å²) in [6, 6.07) is 9.63. The van der Waals surface area contributed by atoms with Crippen LogP contribution in [0.15, 0.2) is 30.5 Å². The predicted octanol–water partition coefficient (Wildman–Crippen LogP) is 3.26. The Balaban J connectivity index is 2.03. The molecule has 1 saturated carbocycles. The third kappa shape index (κ3) is 1.87. The molecule has 2 heteroatoms. The maximum atomic E-state index is 5.62. The van der Waals surface area contributed by atoms with Crippen molar-refractivity contribution in [2.24, 2.45) is 5.73 Å². The molecule has 0 spiro atoms. The average molecular weight is 228 g/mol. The predicted molar refractivity (Wildman–Crippen MR) is 72.2 cm³/mol. The molecule has 2 nitrogen and oxygen atoms in total. The van der Waals surface area contributed by atoms with Crippen molar-refractivity contribution in [2.45, 2.75) is 38.1 Å². The minimum atomic E-state index is 0.742. The molecule has 1 aromatic heterocycles. The van der Waals surface area contributed by atoms with Crippen molar-refractivity contribution in [3.63, 3.8) is 0 Å². The zero-order valence-electron chi connectivity index (χ0n) is 10.2. The number of benzene rings is 1. The summed E-state index contributed by atoms with van der Waals surface area (Å²) >= 11 is 0. The van der Waals surface area contributed by atoms with Crippen molar-refractivity contribution in [2.75, 3.05) is 6.54 Å². The van der Waals surface area contributed by atoms with Crippen molar-refractivity contribution in [3.05, 3.63) is 36.0 Å². The van der Waals surface area contributed by atoms with E-state index in [2.05, 4.69) is 35.0 Å². The molecule has 0 amide bonds. The van der Waals surface area contributed by atoms with E-state index in [4.69, 9.17) is 5.73 Å². The maximum absolute atomic E-state index is 5.62. The molecular weight excluding hydrogens is 208 g/mol. The Labute approximate surface area is 102 Å². The highest BCUT2D eigenvalue weighted by Gasteiger charge is 2.21.